The minimum absolute atomic E-state index is 0. The Balaban J connectivity index is 0.000000199. The van der Waals surface area contributed by atoms with Crippen LogP contribution in [0.25, 0.3) is 17.2 Å². The molecule has 5 heteroatoms. The van der Waals surface area contributed by atoms with Gasteiger partial charge >= 0.3 is 137 Å². The van der Waals surface area contributed by atoms with Gasteiger partial charge in [-0.05, 0) is 16.7 Å². The summed E-state index contributed by atoms with van der Waals surface area (Å²) in [5.74, 6) is 0.789. The van der Waals surface area contributed by atoms with Crippen LogP contribution in [0.2, 0.25) is 13.1 Å². The van der Waals surface area contributed by atoms with Crippen molar-refractivity contribution in [1.82, 2.24) is 0 Å². The van der Waals surface area contributed by atoms with Crippen molar-refractivity contribution >= 4 is 25.9 Å². The molecule has 0 saturated carbocycles. The molecule has 34 heavy (non-hydrogen) atoms. The molecule has 2 heterocycles. The van der Waals surface area contributed by atoms with Gasteiger partial charge in [0.1, 0.15) is 8.07 Å². The van der Waals surface area contributed by atoms with Gasteiger partial charge in [0.05, 0.1) is 0 Å². The Bertz CT molecular complexity index is 1230. The molecule has 1 saturated heterocycles. The molecule has 0 amide bonds. The number of benzene rings is 2. The maximum Gasteiger partial charge on any atom is 0.106 e. The first-order valence-corrected chi connectivity index (χ1v) is 16.8. The summed E-state index contributed by atoms with van der Waals surface area (Å²) in [6.45, 7) is 14.0. The van der Waals surface area contributed by atoms with Crippen LogP contribution in [0.4, 0.5) is 0 Å². The molecule has 4 aliphatic rings. The van der Waals surface area contributed by atoms with Gasteiger partial charge in [-0.3, -0.25) is 0 Å². The number of thioether (sulfide) groups is 1. The molecule has 0 aromatic heterocycles. The molecular weight excluding hydrogens is 571 g/mol. The quantitative estimate of drug-likeness (QED) is 0.453. The molecule has 0 bridgehead atoms. The number of hydrogen-bond acceptors (Lipinski definition) is 1. The molecule has 2 atom stereocenters. The first kappa shape index (κ1) is 28.0. The second-order valence-electron chi connectivity index (χ2n) is 10.8. The van der Waals surface area contributed by atoms with Crippen molar-refractivity contribution in [3.05, 3.63) is 97.6 Å². The van der Waals surface area contributed by atoms with Crippen LogP contribution in [-0.2, 0) is 30.1 Å². The van der Waals surface area contributed by atoms with Crippen LogP contribution in [-0.4, -0.2) is 8.07 Å². The third kappa shape index (κ3) is 4.61. The number of rotatable bonds is 1. The van der Waals surface area contributed by atoms with Gasteiger partial charge in [0, 0.05) is 5.92 Å². The van der Waals surface area contributed by atoms with Crippen molar-refractivity contribution in [1.29, 1.82) is 0 Å². The van der Waals surface area contributed by atoms with E-state index in [4.69, 9.17) is 0 Å². The Labute approximate surface area is 238 Å². The fraction of sp³-hybridized carbons (Fsp3) is 0.310. The van der Waals surface area contributed by atoms with Gasteiger partial charge in [-0.15, -0.1) is 0 Å². The van der Waals surface area contributed by atoms with Crippen LogP contribution >= 0.6 is 11.8 Å². The number of fused-ring (bicyclic) bond motifs is 1. The van der Waals surface area contributed by atoms with E-state index in [1.54, 1.807) is 39.7 Å². The van der Waals surface area contributed by atoms with Crippen LogP contribution < -0.4 is 24.8 Å². The molecule has 2 aliphatic carbocycles. The van der Waals surface area contributed by atoms with E-state index in [1.165, 1.54) is 27.8 Å². The summed E-state index contributed by atoms with van der Waals surface area (Å²) in [5.41, 5.74) is 7.20. The summed E-state index contributed by atoms with van der Waals surface area (Å²) in [7, 11) is -1.06. The first-order chi connectivity index (χ1) is 15.1. The summed E-state index contributed by atoms with van der Waals surface area (Å²) in [4.78, 5) is 3.21. The van der Waals surface area contributed by atoms with E-state index in [-0.39, 0.29) is 30.2 Å². The normalized spacial score (nSPS) is 22.4. The summed E-state index contributed by atoms with van der Waals surface area (Å²) >= 11 is 3.58. The van der Waals surface area contributed by atoms with Gasteiger partial charge < -0.3 is 24.8 Å². The molecule has 0 nitrogen and oxygen atoms in total. The predicted octanol–water partition coefficient (Wildman–Crippen LogP) is 2.52. The fourth-order valence-corrected chi connectivity index (χ4v) is 12.1. The first-order valence-electron chi connectivity index (χ1n) is 11.5. The van der Waals surface area contributed by atoms with Crippen LogP contribution in [0, 0.1) is 5.92 Å². The average Bonchev–Trinajstić information content (AvgIpc) is 3.38. The number of halogens is 2. The summed E-state index contributed by atoms with van der Waals surface area (Å²) in [5, 5.41) is 3.60. The van der Waals surface area contributed by atoms with E-state index in [9.17, 15) is 0 Å². The Morgan fingerprint density at radius 2 is 1.62 bits per heavy atom. The van der Waals surface area contributed by atoms with Gasteiger partial charge in [-0.2, -0.15) is 0 Å². The molecule has 0 spiro atoms. The minimum atomic E-state index is -1.06. The molecule has 2 aliphatic heterocycles. The second-order valence-corrected chi connectivity index (χ2v) is 18.0. The predicted molar refractivity (Wildman–Crippen MR) is 140 cm³/mol. The van der Waals surface area contributed by atoms with Crippen molar-refractivity contribution in [2.24, 2.45) is 5.92 Å². The smallest absolute Gasteiger partial charge is 0.106 e. The van der Waals surface area contributed by atoms with Gasteiger partial charge in [-0.25, -0.2) is 0 Å². The van der Waals surface area contributed by atoms with E-state index in [0.29, 0.717) is 3.63 Å². The zero-order valence-electron chi connectivity index (χ0n) is 20.7. The van der Waals surface area contributed by atoms with Crippen molar-refractivity contribution in [3.63, 3.8) is 0 Å². The van der Waals surface area contributed by atoms with Crippen molar-refractivity contribution in [3.8, 4) is 11.1 Å². The maximum absolute atomic E-state index is 2.48. The largest absolute Gasteiger partial charge is 1.00 e. The molecule has 2 aromatic carbocycles. The summed E-state index contributed by atoms with van der Waals surface area (Å²) in [6, 6.07) is 15.8. The molecule has 0 radical (unpaired) electrons. The van der Waals surface area contributed by atoms with Gasteiger partial charge in [0.25, 0.3) is 0 Å². The SMILES string of the molecule is CC(C)(C)c1ccc(-c2cccc3c2C=C[CH]3[Zr+2])cc1.CC1=C2C3C(=CC=C3[Si]2(C)C)S1.[Cl-].[Cl-]. The van der Waals surface area contributed by atoms with E-state index in [2.05, 4.69) is 108 Å². The van der Waals surface area contributed by atoms with Crippen LogP contribution in [0.1, 0.15) is 48.0 Å². The monoisotopic (exact) mass is 599 g/mol. The fourth-order valence-electron chi connectivity index (χ4n) is 5.53. The topological polar surface area (TPSA) is 0 Å². The molecule has 6 rings (SSSR count). The van der Waals surface area contributed by atoms with Crippen molar-refractivity contribution in [2.75, 3.05) is 0 Å². The molecule has 0 N–H and O–H groups in total. The standard InChI is InChI=1S/C19H19.C10H12SSi.2ClH.Zr/c1-19(2,3)16-12-10-15(11-13-16)18-9-5-7-14-6-4-8-17(14)18;1-6-10-9-7(11-6)4-5-8(9)12(10,2)3;;;/h4-13H,1-3H3;4-5,9H,1-3H3;2*1H;/q;;;;+2/p-2. The zero-order valence-corrected chi connectivity index (χ0v) is 26.5. The average molecular weight is 602 g/mol. The minimum Gasteiger partial charge on any atom is -1.00 e. The zero-order chi connectivity index (χ0) is 22.8. The number of hydrogen-bond donors (Lipinski definition) is 0. The molecule has 2 aromatic rings. The van der Waals surface area contributed by atoms with Gasteiger partial charge in [0.2, 0.25) is 0 Å². The van der Waals surface area contributed by atoms with E-state index < -0.39 is 8.07 Å². The molecule has 1 fully saturated rings. The number of allylic oxidation sites excluding steroid dienone is 7. The Morgan fingerprint density at radius 3 is 2.26 bits per heavy atom. The molecule has 175 valence electrons. The summed E-state index contributed by atoms with van der Waals surface area (Å²) in [6.07, 6.45) is 9.34. The third-order valence-corrected chi connectivity index (χ3v) is 13.8. The second kappa shape index (κ2) is 10.1. The summed E-state index contributed by atoms with van der Waals surface area (Å²) < 4.78 is 0.631. The van der Waals surface area contributed by atoms with E-state index in [1.807, 2.05) is 17.0 Å². The van der Waals surface area contributed by atoms with Crippen LogP contribution in [0.15, 0.2) is 80.9 Å². The molecule has 2 unspecified atom stereocenters. The Hall–Kier alpha value is -0.570. The van der Waals surface area contributed by atoms with Crippen molar-refractivity contribution < 1.29 is 49.5 Å². The van der Waals surface area contributed by atoms with Gasteiger partial charge in [0.15, 0.2) is 0 Å². The Kier molecular flexibility index (Phi) is 8.29. The van der Waals surface area contributed by atoms with Crippen LogP contribution in [0.3, 0.4) is 0 Å². The maximum atomic E-state index is 2.48. The molecular formula is C29H31Cl2SSiZr. The van der Waals surface area contributed by atoms with Crippen molar-refractivity contribution in [2.45, 2.75) is 49.8 Å². The van der Waals surface area contributed by atoms with Crippen LogP contribution in [0.5, 0.6) is 0 Å². The van der Waals surface area contributed by atoms with E-state index >= 15 is 0 Å². The third-order valence-electron chi connectivity index (χ3n) is 7.35. The Morgan fingerprint density at radius 1 is 0.941 bits per heavy atom. The van der Waals surface area contributed by atoms with E-state index in [0.717, 1.165) is 5.92 Å². The van der Waals surface area contributed by atoms with Gasteiger partial charge in [-0.1, -0.05) is 47.4 Å².